The zero-order chi connectivity index (χ0) is 8.54. The van der Waals surface area contributed by atoms with Crippen molar-refractivity contribution in [2.75, 3.05) is 0 Å². The van der Waals surface area contributed by atoms with Gasteiger partial charge in [-0.25, -0.2) is 4.39 Å². The van der Waals surface area contributed by atoms with Gasteiger partial charge in [0, 0.05) is 6.42 Å². The topological polar surface area (TPSA) is 0 Å². The minimum Gasteiger partial charge on any atom is -0.225 e. The molecule has 0 aromatic rings. The molecule has 0 atom stereocenters. The Labute approximate surface area is 61.2 Å². The molecule has 0 aromatic carbocycles. The molecule has 4 heteroatoms. The Morgan fingerprint density at radius 3 is 1.73 bits per heavy atom. The van der Waals surface area contributed by atoms with Crippen LogP contribution >= 0.6 is 0 Å². The second-order valence-electron chi connectivity index (χ2n) is 2.18. The lowest BCUT2D eigenvalue weighted by molar-refractivity contribution is -0.195. The minimum atomic E-state index is -4.85. The van der Waals surface area contributed by atoms with E-state index in [1.54, 1.807) is 0 Å². The van der Waals surface area contributed by atoms with E-state index in [9.17, 15) is 17.6 Å². The normalized spacial score (nSPS) is 22.2. The average Bonchev–Trinajstić information content (AvgIpc) is 1.87. The fourth-order valence-corrected chi connectivity index (χ4v) is 0.700. The molecule has 0 saturated heterocycles. The molecule has 0 heterocycles. The Kier molecular flexibility index (Phi) is 1.78. The van der Waals surface area contributed by atoms with Crippen LogP contribution in [0.15, 0.2) is 24.3 Å². The predicted octanol–water partition coefficient (Wildman–Crippen LogP) is 2.59. The van der Waals surface area contributed by atoms with Gasteiger partial charge < -0.3 is 0 Å². The van der Waals surface area contributed by atoms with Gasteiger partial charge in [0.1, 0.15) is 0 Å². The fraction of sp³-hybridized carbons (Fsp3) is 0.286. The molecule has 0 aliphatic heterocycles. The van der Waals surface area contributed by atoms with Crippen molar-refractivity contribution in [3.8, 4) is 0 Å². The molecule has 0 spiro atoms. The van der Waals surface area contributed by atoms with Gasteiger partial charge in [-0.15, -0.1) is 0 Å². The van der Waals surface area contributed by atoms with Crippen LogP contribution in [-0.4, -0.2) is 11.8 Å². The molecule has 1 aliphatic rings. The zero-order valence-corrected chi connectivity index (χ0v) is 5.40. The van der Waals surface area contributed by atoms with E-state index in [1.165, 1.54) is 6.42 Å². The van der Waals surface area contributed by atoms with Gasteiger partial charge >= 0.3 is 6.18 Å². The van der Waals surface area contributed by atoms with Gasteiger partial charge in [-0.05, 0) is 12.2 Å². The first kappa shape index (κ1) is 8.30. The largest absolute Gasteiger partial charge is 0.429 e. The monoisotopic (exact) mass is 165 g/mol. The highest BCUT2D eigenvalue weighted by Crippen LogP contribution is 2.37. The first-order valence-electron chi connectivity index (χ1n) is 2.92. The van der Waals surface area contributed by atoms with Gasteiger partial charge in [-0.2, -0.15) is 13.2 Å². The van der Waals surface area contributed by atoms with E-state index in [0.717, 1.165) is 12.2 Å². The van der Waals surface area contributed by atoms with E-state index in [4.69, 9.17) is 0 Å². The standard InChI is InChI=1S/C7H5F4/c8-6(7(9,10)11)4-2-1-3-5-6/h1-5H. The molecule has 0 amide bonds. The quantitative estimate of drug-likeness (QED) is 0.484. The molecule has 0 bridgehead atoms. The zero-order valence-electron chi connectivity index (χ0n) is 5.40. The van der Waals surface area contributed by atoms with E-state index in [2.05, 4.69) is 0 Å². The maximum absolute atomic E-state index is 12.8. The Morgan fingerprint density at radius 2 is 1.45 bits per heavy atom. The molecule has 0 fully saturated rings. The molecule has 1 radical (unpaired) electrons. The lowest BCUT2D eigenvalue weighted by Gasteiger charge is -2.22. The maximum Gasteiger partial charge on any atom is 0.429 e. The number of alkyl halides is 4. The molecule has 0 aromatic heterocycles. The Morgan fingerprint density at radius 1 is 1.00 bits per heavy atom. The van der Waals surface area contributed by atoms with Crippen molar-refractivity contribution < 1.29 is 17.6 Å². The van der Waals surface area contributed by atoms with E-state index in [0.29, 0.717) is 12.2 Å². The summed E-state index contributed by atoms with van der Waals surface area (Å²) >= 11 is 0. The summed E-state index contributed by atoms with van der Waals surface area (Å²) < 4.78 is 48.3. The number of hydrogen-bond donors (Lipinski definition) is 0. The number of hydrogen-bond acceptors (Lipinski definition) is 0. The Balaban J connectivity index is 2.90. The van der Waals surface area contributed by atoms with Gasteiger partial charge in [0.05, 0.1) is 0 Å². The molecule has 1 aliphatic carbocycles. The van der Waals surface area contributed by atoms with Crippen LogP contribution in [0.1, 0.15) is 0 Å². The molecule has 61 valence electrons. The van der Waals surface area contributed by atoms with E-state index < -0.39 is 11.8 Å². The fourth-order valence-electron chi connectivity index (χ4n) is 0.700. The average molecular weight is 165 g/mol. The van der Waals surface area contributed by atoms with Gasteiger partial charge in [0.25, 0.3) is 0 Å². The van der Waals surface area contributed by atoms with Crippen LogP contribution in [0.2, 0.25) is 0 Å². The number of rotatable bonds is 0. The summed E-state index contributed by atoms with van der Waals surface area (Å²) in [5.74, 6) is 0. The van der Waals surface area contributed by atoms with Crippen LogP contribution in [0.25, 0.3) is 0 Å². The molecule has 0 unspecified atom stereocenters. The van der Waals surface area contributed by atoms with Crippen molar-refractivity contribution in [3.05, 3.63) is 30.7 Å². The summed E-state index contributed by atoms with van der Waals surface area (Å²) in [6.45, 7) is 0. The molecule has 11 heavy (non-hydrogen) atoms. The summed E-state index contributed by atoms with van der Waals surface area (Å²) in [5.41, 5.74) is -3.28. The minimum absolute atomic E-state index is 0.479. The van der Waals surface area contributed by atoms with Gasteiger partial charge in [-0.3, -0.25) is 0 Å². The number of allylic oxidation sites excluding steroid dienone is 4. The van der Waals surface area contributed by atoms with Crippen molar-refractivity contribution >= 4 is 0 Å². The van der Waals surface area contributed by atoms with Crippen molar-refractivity contribution in [3.63, 3.8) is 0 Å². The molecule has 0 nitrogen and oxygen atoms in total. The van der Waals surface area contributed by atoms with E-state index in [-0.39, 0.29) is 0 Å². The van der Waals surface area contributed by atoms with Gasteiger partial charge in [0.2, 0.25) is 5.67 Å². The molecule has 0 N–H and O–H groups in total. The SMILES string of the molecule is FC(F)(F)C1(F)C=C[CH]C=C1. The summed E-state index contributed by atoms with van der Waals surface area (Å²) in [6, 6.07) is 0. The smallest absolute Gasteiger partial charge is 0.225 e. The molecule has 1 rings (SSSR count). The first-order chi connectivity index (χ1) is 4.96. The predicted molar refractivity (Wildman–Crippen MR) is 32.5 cm³/mol. The highest BCUT2D eigenvalue weighted by Gasteiger charge is 2.52. The van der Waals surface area contributed by atoms with E-state index in [1.807, 2.05) is 0 Å². The van der Waals surface area contributed by atoms with Crippen LogP contribution in [0.4, 0.5) is 17.6 Å². The molecular weight excluding hydrogens is 160 g/mol. The lowest BCUT2D eigenvalue weighted by atomic mass is 10.00. The third kappa shape index (κ3) is 1.44. The maximum atomic E-state index is 12.8. The molecule has 0 saturated carbocycles. The Hall–Kier alpha value is -0.800. The first-order valence-corrected chi connectivity index (χ1v) is 2.92. The van der Waals surface area contributed by atoms with Crippen LogP contribution in [0, 0.1) is 6.42 Å². The summed E-state index contributed by atoms with van der Waals surface area (Å²) in [5, 5.41) is 0. The highest BCUT2D eigenvalue weighted by molar-refractivity contribution is 5.29. The summed E-state index contributed by atoms with van der Waals surface area (Å²) in [7, 11) is 0. The Bertz CT molecular complexity index is 187. The van der Waals surface area contributed by atoms with Gasteiger partial charge in [0.15, 0.2) is 0 Å². The van der Waals surface area contributed by atoms with Crippen LogP contribution in [0.5, 0.6) is 0 Å². The van der Waals surface area contributed by atoms with Gasteiger partial charge in [-0.1, -0.05) is 12.2 Å². The van der Waals surface area contributed by atoms with Crippen molar-refractivity contribution in [1.82, 2.24) is 0 Å². The third-order valence-electron chi connectivity index (χ3n) is 1.33. The summed E-state index contributed by atoms with van der Waals surface area (Å²) in [6.07, 6.45) is -0.487. The van der Waals surface area contributed by atoms with Crippen molar-refractivity contribution in [2.24, 2.45) is 0 Å². The summed E-state index contributed by atoms with van der Waals surface area (Å²) in [4.78, 5) is 0. The van der Waals surface area contributed by atoms with Crippen molar-refractivity contribution in [1.29, 1.82) is 0 Å². The van der Waals surface area contributed by atoms with E-state index >= 15 is 0 Å². The van der Waals surface area contributed by atoms with Crippen molar-refractivity contribution in [2.45, 2.75) is 11.8 Å². The third-order valence-corrected chi connectivity index (χ3v) is 1.33. The molecular formula is C7H5F4. The number of halogens is 4. The van der Waals surface area contributed by atoms with Crippen LogP contribution in [-0.2, 0) is 0 Å². The second-order valence-corrected chi connectivity index (χ2v) is 2.18. The second kappa shape index (κ2) is 2.36. The lowest BCUT2D eigenvalue weighted by Crippen LogP contribution is -2.37. The van der Waals surface area contributed by atoms with Crippen LogP contribution in [0.3, 0.4) is 0 Å². The van der Waals surface area contributed by atoms with Crippen LogP contribution < -0.4 is 0 Å². The highest BCUT2D eigenvalue weighted by atomic mass is 19.4.